The molecule has 244 valence electrons. The van der Waals surface area contributed by atoms with Gasteiger partial charge in [-0.15, -0.1) is 0 Å². The van der Waals surface area contributed by atoms with Crippen molar-refractivity contribution in [1.29, 1.82) is 0 Å². The summed E-state index contributed by atoms with van der Waals surface area (Å²) in [6.07, 6.45) is -0.577. The number of benzene rings is 3. The summed E-state index contributed by atoms with van der Waals surface area (Å²) in [5.74, 6) is -8.23. The highest BCUT2D eigenvalue weighted by Gasteiger charge is 2.49. The Morgan fingerprint density at radius 3 is 2.20 bits per heavy atom. The van der Waals surface area contributed by atoms with Crippen LogP contribution in [0.1, 0.15) is 37.3 Å². The first kappa shape index (κ1) is 33.9. The monoisotopic (exact) mass is 633 g/mol. The molecule has 1 heterocycles. The zero-order valence-electron chi connectivity index (χ0n) is 25.7. The molecule has 0 aliphatic carbocycles. The van der Waals surface area contributed by atoms with Crippen LogP contribution in [0, 0.1) is 0 Å². The number of carbonyl (C=O) groups is 4. The third-order valence-corrected chi connectivity index (χ3v) is 7.69. The van der Waals surface area contributed by atoms with Gasteiger partial charge in [-0.25, -0.2) is 0 Å². The number of ether oxygens (including phenoxy) is 5. The van der Waals surface area contributed by atoms with Gasteiger partial charge >= 0.3 is 5.97 Å². The van der Waals surface area contributed by atoms with Crippen molar-refractivity contribution in [2.45, 2.75) is 50.5 Å². The summed E-state index contributed by atoms with van der Waals surface area (Å²) in [4.78, 5) is 51.0. The highest BCUT2D eigenvalue weighted by Crippen LogP contribution is 2.38. The normalized spacial score (nSPS) is 16.5. The average molecular weight is 634 g/mol. The molecule has 3 aromatic carbocycles. The SMILES string of the molecule is CCOC(=O)CN(C(=O)[C@@H]1COC(C(=O)[O-])(C(=O)[O-])O1)[C@@H](C)[C@@H](CCc1ccccc1)c1ccc(Oc2ccccc2)c(OC)c1. The summed E-state index contributed by atoms with van der Waals surface area (Å²) < 4.78 is 26.8. The van der Waals surface area contributed by atoms with Crippen LogP contribution in [0.15, 0.2) is 78.9 Å². The highest BCUT2D eigenvalue weighted by molar-refractivity contribution is 5.99. The van der Waals surface area contributed by atoms with E-state index in [1.165, 1.54) is 12.0 Å². The lowest BCUT2D eigenvalue weighted by Crippen LogP contribution is -2.61. The standard InChI is InChI=1S/C34H37NO11/c1-4-43-30(36)20-35(31(37)29-21-44-34(46-29,32(38)39)33(40)41)22(2)26(17-15-23-11-7-5-8-12-23)24-16-18-27(28(19-24)42-3)45-25-13-9-6-10-14-25/h5-14,16,18-19,22,26,29H,4,15,17,20-21H2,1-3H3,(H,38,39)(H,40,41)/p-2/t22-,26+,29-/m0/s1. The molecular weight excluding hydrogens is 598 g/mol. The summed E-state index contributed by atoms with van der Waals surface area (Å²) in [7, 11) is 1.51. The molecule has 12 nitrogen and oxygen atoms in total. The van der Waals surface area contributed by atoms with Gasteiger partial charge in [0.2, 0.25) is 0 Å². The predicted octanol–water partition coefficient (Wildman–Crippen LogP) is 1.60. The molecule has 0 spiro atoms. The van der Waals surface area contributed by atoms with E-state index in [9.17, 15) is 29.4 Å². The van der Waals surface area contributed by atoms with Crippen molar-refractivity contribution in [1.82, 2.24) is 4.90 Å². The van der Waals surface area contributed by atoms with Gasteiger partial charge in [0.25, 0.3) is 11.7 Å². The first-order chi connectivity index (χ1) is 22.1. The zero-order chi connectivity index (χ0) is 33.3. The molecule has 4 rings (SSSR count). The van der Waals surface area contributed by atoms with Gasteiger partial charge in [0, 0.05) is 12.0 Å². The molecule has 0 saturated carbocycles. The summed E-state index contributed by atoms with van der Waals surface area (Å²) in [5.41, 5.74) is 1.80. The summed E-state index contributed by atoms with van der Waals surface area (Å²) in [6.45, 7) is 2.15. The molecule has 1 amide bonds. The molecule has 0 bridgehead atoms. The number of nitrogens with zero attached hydrogens (tertiary/aromatic N) is 1. The van der Waals surface area contributed by atoms with E-state index in [0.29, 0.717) is 30.1 Å². The third kappa shape index (κ3) is 7.82. The lowest BCUT2D eigenvalue weighted by molar-refractivity contribution is -0.373. The Labute approximate surface area is 266 Å². The minimum absolute atomic E-state index is 0.0499. The van der Waals surface area contributed by atoms with Gasteiger partial charge in [0.15, 0.2) is 17.6 Å². The zero-order valence-corrected chi connectivity index (χ0v) is 25.7. The van der Waals surface area contributed by atoms with E-state index in [4.69, 9.17) is 23.7 Å². The molecule has 12 heteroatoms. The fraction of sp³-hybridized carbons (Fsp3) is 0.353. The van der Waals surface area contributed by atoms with Crippen molar-refractivity contribution in [2.24, 2.45) is 0 Å². The van der Waals surface area contributed by atoms with Crippen LogP contribution < -0.4 is 19.7 Å². The molecule has 3 atom stereocenters. The lowest BCUT2D eigenvalue weighted by Gasteiger charge is -2.36. The van der Waals surface area contributed by atoms with Crippen LogP contribution in [0.4, 0.5) is 0 Å². The van der Waals surface area contributed by atoms with Crippen LogP contribution >= 0.6 is 0 Å². The number of esters is 1. The minimum Gasteiger partial charge on any atom is -0.544 e. The van der Waals surface area contributed by atoms with E-state index in [1.54, 1.807) is 38.1 Å². The smallest absolute Gasteiger partial charge is 0.325 e. The number of carbonyl (C=O) groups excluding carboxylic acids is 4. The molecule has 0 N–H and O–H groups in total. The first-order valence-corrected chi connectivity index (χ1v) is 14.7. The van der Waals surface area contributed by atoms with Gasteiger partial charge in [0.05, 0.1) is 20.3 Å². The maximum absolute atomic E-state index is 13.9. The second-order valence-electron chi connectivity index (χ2n) is 10.6. The Balaban J connectivity index is 1.70. The molecule has 1 saturated heterocycles. The van der Waals surface area contributed by atoms with E-state index in [0.717, 1.165) is 11.1 Å². The number of para-hydroxylation sites is 1. The van der Waals surface area contributed by atoms with E-state index in [-0.39, 0.29) is 6.61 Å². The number of hydrogen-bond acceptors (Lipinski definition) is 11. The molecule has 3 aromatic rings. The predicted molar refractivity (Wildman–Crippen MR) is 158 cm³/mol. The number of rotatable bonds is 15. The molecule has 1 fully saturated rings. The highest BCUT2D eigenvalue weighted by atomic mass is 16.8. The third-order valence-electron chi connectivity index (χ3n) is 7.69. The van der Waals surface area contributed by atoms with Gasteiger partial charge in [-0.2, -0.15) is 0 Å². The molecule has 1 aliphatic rings. The fourth-order valence-corrected chi connectivity index (χ4v) is 5.32. The fourth-order valence-electron chi connectivity index (χ4n) is 5.32. The van der Waals surface area contributed by atoms with E-state index in [1.807, 2.05) is 54.6 Å². The van der Waals surface area contributed by atoms with Gasteiger partial charge < -0.3 is 48.4 Å². The number of carboxylic acid groups (broad SMARTS) is 2. The second-order valence-corrected chi connectivity index (χ2v) is 10.6. The lowest BCUT2D eigenvalue weighted by atomic mass is 9.85. The first-order valence-electron chi connectivity index (χ1n) is 14.7. The van der Waals surface area contributed by atoms with Crippen molar-refractivity contribution in [3.8, 4) is 17.2 Å². The van der Waals surface area contributed by atoms with E-state index in [2.05, 4.69) is 0 Å². The quantitative estimate of drug-likeness (QED) is 0.176. The van der Waals surface area contributed by atoms with Gasteiger partial charge in [0.1, 0.15) is 24.2 Å². The number of aryl methyl sites for hydroxylation is 1. The van der Waals surface area contributed by atoms with Crippen LogP contribution in [-0.2, 0) is 39.8 Å². The Morgan fingerprint density at radius 1 is 0.957 bits per heavy atom. The largest absolute Gasteiger partial charge is 0.544 e. The molecule has 0 radical (unpaired) electrons. The molecule has 0 unspecified atom stereocenters. The van der Waals surface area contributed by atoms with E-state index < -0.39 is 60.8 Å². The minimum atomic E-state index is -3.27. The van der Waals surface area contributed by atoms with Crippen LogP contribution in [0.5, 0.6) is 17.2 Å². The molecule has 0 aromatic heterocycles. The Bertz CT molecular complexity index is 1500. The van der Waals surface area contributed by atoms with Gasteiger partial charge in [-0.3, -0.25) is 9.59 Å². The van der Waals surface area contributed by atoms with Gasteiger partial charge in [-0.1, -0.05) is 54.6 Å². The number of methoxy groups -OCH3 is 1. The molecule has 1 aliphatic heterocycles. The maximum atomic E-state index is 13.9. The molecular formula is C34H35NO11-2. The summed E-state index contributed by atoms with van der Waals surface area (Å²) in [6, 6.07) is 23.5. The van der Waals surface area contributed by atoms with Crippen molar-refractivity contribution in [2.75, 3.05) is 26.9 Å². The average Bonchev–Trinajstić information content (AvgIpc) is 3.53. The van der Waals surface area contributed by atoms with Crippen LogP contribution in [-0.4, -0.2) is 73.5 Å². The number of hydrogen-bond donors (Lipinski definition) is 0. The van der Waals surface area contributed by atoms with Gasteiger partial charge in [-0.05, 0) is 62.1 Å². The summed E-state index contributed by atoms with van der Waals surface area (Å²) in [5, 5.41) is 23.2. The second kappa shape index (κ2) is 15.4. The number of aliphatic carboxylic acids is 2. The van der Waals surface area contributed by atoms with Crippen molar-refractivity contribution < 1.29 is 53.1 Å². The van der Waals surface area contributed by atoms with Crippen molar-refractivity contribution in [3.05, 3.63) is 90.0 Å². The van der Waals surface area contributed by atoms with Crippen molar-refractivity contribution in [3.63, 3.8) is 0 Å². The topological polar surface area (TPSA) is 164 Å². The Morgan fingerprint density at radius 2 is 1.61 bits per heavy atom. The van der Waals surface area contributed by atoms with Crippen LogP contribution in [0.2, 0.25) is 0 Å². The van der Waals surface area contributed by atoms with Crippen LogP contribution in [0.25, 0.3) is 0 Å². The number of amides is 1. The van der Waals surface area contributed by atoms with E-state index >= 15 is 0 Å². The Hall–Kier alpha value is -4.94. The summed E-state index contributed by atoms with van der Waals surface area (Å²) >= 11 is 0. The van der Waals surface area contributed by atoms with Crippen LogP contribution in [0.3, 0.4) is 0 Å². The Kier molecular flexibility index (Phi) is 11.3. The maximum Gasteiger partial charge on any atom is 0.325 e. The van der Waals surface area contributed by atoms with Crippen molar-refractivity contribution >= 4 is 23.8 Å². The molecule has 46 heavy (non-hydrogen) atoms. The number of carboxylic acids is 2.